The third kappa shape index (κ3) is 3.85. The highest BCUT2D eigenvalue weighted by Gasteiger charge is 2.24. The lowest BCUT2D eigenvalue weighted by Gasteiger charge is -2.26. The second kappa shape index (κ2) is 5.89. The molecule has 0 bridgehead atoms. The summed E-state index contributed by atoms with van der Waals surface area (Å²) >= 11 is 0. The Balaban J connectivity index is 2.13. The molecule has 0 aromatic carbocycles. The van der Waals surface area contributed by atoms with Crippen LogP contribution in [0.1, 0.15) is 37.6 Å². The summed E-state index contributed by atoms with van der Waals surface area (Å²) in [7, 11) is 0. The predicted octanol–water partition coefficient (Wildman–Crippen LogP) is 1.17. The van der Waals surface area contributed by atoms with E-state index in [-0.39, 0.29) is 18.2 Å². The number of rotatable bonds is 1. The highest BCUT2D eigenvalue weighted by atomic mass is 16.6. The first kappa shape index (κ1) is 15.6. The van der Waals surface area contributed by atoms with Gasteiger partial charge in [-0.25, -0.2) is 4.79 Å². The average molecular weight is 293 g/mol. The molecule has 6 nitrogen and oxygen atoms in total. The number of hydrogen-bond donors (Lipinski definition) is 2. The van der Waals surface area contributed by atoms with Gasteiger partial charge in [0, 0.05) is 37.3 Å². The molecule has 1 aromatic rings. The predicted molar refractivity (Wildman–Crippen MR) is 80.2 cm³/mol. The van der Waals surface area contributed by atoms with Gasteiger partial charge >= 0.3 is 6.09 Å². The summed E-state index contributed by atoms with van der Waals surface area (Å²) in [4.78, 5) is 28.5. The van der Waals surface area contributed by atoms with Crippen LogP contribution < -0.4 is 11.3 Å². The molecule has 21 heavy (non-hydrogen) atoms. The minimum absolute atomic E-state index is 0.137. The molecular weight excluding hydrogens is 270 g/mol. The molecule has 0 atom stereocenters. The third-order valence-electron chi connectivity index (χ3n) is 3.45. The molecule has 1 aliphatic heterocycles. The van der Waals surface area contributed by atoms with E-state index in [2.05, 4.69) is 4.98 Å². The van der Waals surface area contributed by atoms with E-state index in [1.54, 1.807) is 4.90 Å². The minimum Gasteiger partial charge on any atom is -0.444 e. The van der Waals surface area contributed by atoms with E-state index >= 15 is 0 Å². The first-order valence-corrected chi connectivity index (χ1v) is 7.22. The van der Waals surface area contributed by atoms with Crippen molar-refractivity contribution >= 4 is 6.09 Å². The lowest BCUT2D eigenvalue weighted by molar-refractivity contribution is 0.0258. The van der Waals surface area contributed by atoms with Gasteiger partial charge in [-0.15, -0.1) is 0 Å². The van der Waals surface area contributed by atoms with Gasteiger partial charge in [0.15, 0.2) is 0 Å². The third-order valence-corrected chi connectivity index (χ3v) is 3.45. The van der Waals surface area contributed by atoms with Gasteiger partial charge in [-0.2, -0.15) is 0 Å². The first-order chi connectivity index (χ1) is 9.80. The number of aromatic amines is 1. The van der Waals surface area contributed by atoms with E-state index in [9.17, 15) is 9.59 Å². The zero-order valence-corrected chi connectivity index (χ0v) is 12.9. The number of H-pyrrole nitrogens is 1. The van der Waals surface area contributed by atoms with Gasteiger partial charge in [-0.1, -0.05) is 0 Å². The molecule has 0 saturated heterocycles. The molecule has 1 aromatic heterocycles. The Morgan fingerprint density at radius 1 is 1.38 bits per heavy atom. The number of ether oxygens (including phenoxy) is 1. The molecule has 0 fully saturated rings. The molecule has 1 amide bonds. The standard InChI is InChI=1S/C15H23N3O3/c1-15(2,3)21-14(20)18-6-4-10-8-11(9-16)13(19)17-12(10)5-7-18/h8H,4-7,9,16H2,1-3H3,(H,17,19). The van der Waals surface area contributed by atoms with E-state index in [4.69, 9.17) is 10.5 Å². The molecule has 1 aliphatic rings. The van der Waals surface area contributed by atoms with Gasteiger partial charge in [0.05, 0.1) is 0 Å². The molecule has 2 heterocycles. The van der Waals surface area contributed by atoms with Gasteiger partial charge < -0.3 is 20.4 Å². The molecule has 3 N–H and O–H groups in total. The van der Waals surface area contributed by atoms with Crippen LogP contribution in [0, 0.1) is 0 Å². The lowest BCUT2D eigenvalue weighted by Crippen LogP contribution is -2.38. The molecule has 0 aliphatic carbocycles. The van der Waals surface area contributed by atoms with E-state index in [1.165, 1.54) is 0 Å². The van der Waals surface area contributed by atoms with Gasteiger partial charge in [0.2, 0.25) is 0 Å². The monoisotopic (exact) mass is 293 g/mol. The Kier molecular flexibility index (Phi) is 4.37. The fourth-order valence-electron chi connectivity index (χ4n) is 2.38. The van der Waals surface area contributed by atoms with Crippen LogP contribution in [-0.2, 0) is 24.1 Å². The summed E-state index contributed by atoms with van der Waals surface area (Å²) < 4.78 is 5.40. The number of nitrogens with zero attached hydrogens (tertiary/aromatic N) is 1. The topological polar surface area (TPSA) is 88.4 Å². The van der Waals surface area contributed by atoms with Crippen LogP contribution in [0.5, 0.6) is 0 Å². The van der Waals surface area contributed by atoms with Crippen molar-refractivity contribution < 1.29 is 9.53 Å². The summed E-state index contributed by atoms with van der Waals surface area (Å²) in [6, 6.07) is 1.85. The lowest BCUT2D eigenvalue weighted by atomic mass is 10.1. The second-order valence-corrected chi connectivity index (χ2v) is 6.30. The number of carbonyl (C=O) groups excluding carboxylic acids is 1. The zero-order valence-electron chi connectivity index (χ0n) is 12.9. The van der Waals surface area contributed by atoms with E-state index in [0.717, 1.165) is 11.3 Å². The maximum atomic E-state index is 12.1. The van der Waals surface area contributed by atoms with Crippen molar-refractivity contribution in [3.63, 3.8) is 0 Å². The van der Waals surface area contributed by atoms with E-state index in [1.807, 2.05) is 26.8 Å². The van der Waals surface area contributed by atoms with Crippen molar-refractivity contribution in [3.05, 3.63) is 33.2 Å². The Labute approximate surface area is 124 Å². The normalized spacial score (nSPS) is 15.3. The number of carbonyl (C=O) groups is 1. The number of amides is 1. The van der Waals surface area contributed by atoms with Gasteiger partial charge in [-0.05, 0) is 38.8 Å². The number of nitrogens with two attached hydrogens (primary N) is 1. The minimum atomic E-state index is -0.503. The first-order valence-electron chi connectivity index (χ1n) is 7.22. The van der Waals surface area contributed by atoms with Crippen LogP contribution in [0.2, 0.25) is 0 Å². The molecule has 0 unspecified atom stereocenters. The number of fused-ring (bicyclic) bond motifs is 1. The smallest absolute Gasteiger partial charge is 0.410 e. The van der Waals surface area contributed by atoms with Crippen molar-refractivity contribution in [1.82, 2.24) is 9.88 Å². The number of hydrogen-bond acceptors (Lipinski definition) is 4. The molecule has 0 spiro atoms. The molecule has 2 rings (SSSR count). The number of nitrogens with one attached hydrogen (secondary N) is 1. The summed E-state index contributed by atoms with van der Waals surface area (Å²) in [5, 5.41) is 0. The van der Waals surface area contributed by atoms with Crippen LogP contribution in [0.4, 0.5) is 4.79 Å². The summed E-state index contributed by atoms with van der Waals surface area (Å²) in [6.07, 6.45) is 1.00. The fourth-order valence-corrected chi connectivity index (χ4v) is 2.38. The molecule has 0 radical (unpaired) electrons. The van der Waals surface area contributed by atoms with Crippen molar-refractivity contribution in [2.24, 2.45) is 5.73 Å². The Hall–Kier alpha value is -1.82. The average Bonchev–Trinajstić information content (AvgIpc) is 2.57. The van der Waals surface area contributed by atoms with Crippen molar-refractivity contribution in [2.45, 2.75) is 45.8 Å². The van der Waals surface area contributed by atoms with Gasteiger partial charge in [0.25, 0.3) is 5.56 Å². The largest absolute Gasteiger partial charge is 0.444 e. The Morgan fingerprint density at radius 2 is 2.05 bits per heavy atom. The van der Waals surface area contributed by atoms with Crippen LogP contribution in [0.3, 0.4) is 0 Å². The molecule has 116 valence electrons. The maximum absolute atomic E-state index is 12.1. The van der Waals surface area contributed by atoms with Gasteiger partial charge in [0.1, 0.15) is 5.60 Å². The SMILES string of the molecule is CC(C)(C)OC(=O)N1CCc2cc(CN)c(=O)[nH]c2CC1. The maximum Gasteiger partial charge on any atom is 0.410 e. The highest BCUT2D eigenvalue weighted by Crippen LogP contribution is 2.16. The number of pyridine rings is 1. The molecule has 6 heteroatoms. The fraction of sp³-hybridized carbons (Fsp3) is 0.600. The van der Waals surface area contributed by atoms with E-state index < -0.39 is 5.60 Å². The van der Waals surface area contributed by atoms with Crippen LogP contribution >= 0.6 is 0 Å². The van der Waals surface area contributed by atoms with Crippen LogP contribution in [0.25, 0.3) is 0 Å². The quantitative estimate of drug-likeness (QED) is 0.813. The van der Waals surface area contributed by atoms with Gasteiger partial charge in [-0.3, -0.25) is 4.79 Å². The zero-order chi connectivity index (χ0) is 15.6. The van der Waals surface area contributed by atoms with Crippen LogP contribution in [0.15, 0.2) is 10.9 Å². The molecule has 0 saturated carbocycles. The summed E-state index contributed by atoms with van der Waals surface area (Å²) in [5.41, 5.74) is 7.45. The summed E-state index contributed by atoms with van der Waals surface area (Å²) in [5.74, 6) is 0. The molecular formula is C15H23N3O3. The Morgan fingerprint density at radius 3 is 2.67 bits per heavy atom. The number of aromatic nitrogens is 1. The van der Waals surface area contributed by atoms with E-state index in [0.29, 0.717) is 31.5 Å². The highest BCUT2D eigenvalue weighted by molar-refractivity contribution is 5.68. The van der Waals surface area contributed by atoms with Crippen molar-refractivity contribution in [1.29, 1.82) is 0 Å². The Bertz CT molecular complexity index is 587. The van der Waals surface area contributed by atoms with Crippen molar-refractivity contribution in [2.75, 3.05) is 13.1 Å². The van der Waals surface area contributed by atoms with Crippen LogP contribution in [-0.4, -0.2) is 34.7 Å². The summed E-state index contributed by atoms with van der Waals surface area (Å²) in [6.45, 7) is 6.89. The second-order valence-electron chi connectivity index (χ2n) is 6.30. The van der Waals surface area contributed by atoms with Crippen molar-refractivity contribution in [3.8, 4) is 0 Å².